The number of carbonyl (C=O) groups excluding carboxylic acids is 1. The lowest BCUT2D eigenvalue weighted by atomic mass is 9.84. The van der Waals surface area contributed by atoms with Crippen molar-refractivity contribution in [3.05, 3.63) is 35.9 Å². The normalized spacial score (nSPS) is 24.4. The molecule has 8 heteroatoms. The Morgan fingerprint density at radius 2 is 2.18 bits per heavy atom. The fourth-order valence-corrected chi connectivity index (χ4v) is 5.61. The van der Waals surface area contributed by atoms with Crippen LogP contribution in [0.25, 0.3) is 0 Å². The molecular formula is C20H25FN4O2S. The molecule has 1 heterocycles. The fraction of sp³-hybridized carbons (Fsp3) is 0.550. The average molecular weight is 405 g/mol. The maximum absolute atomic E-state index is 13.9. The van der Waals surface area contributed by atoms with Crippen LogP contribution in [0.15, 0.2) is 29.4 Å². The number of amides is 1. The van der Waals surface area contributed by atoms with Gasteiger partial charge in [0.1, 0.15) is 6.61 Å². The van der Waals surface area contributed by atoms with Crippen LogP contribution in [-0.4, -0.2) is 26.4 Å². The van der Waals surface area contributed by atoms with E-state index in [1.54, 1.807) is 18.2 Å². The van der Waals surface area contributed by atoms with Crippen molar-refractivity contribution in [2.75, 3.05) is 5.75 Å². The molecule has 0 saturated heterocycles. The van der Waals surface area contributed by atoms with Crippen molar-refractivity contribution in [1.29, 1.82) is 0 Å². The summed E-state index contributed by atoms with van der Waals surface area (Å²) >= 11 is 1.29. The predicted molar refractivity (Wildman–Crippen MR) is 104 cm³/mol. The van der Waals surface area contributed by atoms with Crippen LogP contribution in [0.4, 0.5) is 4.39 Å². The molecular weight excluding hydrogens is 379 g/mol. The van der Waals surface area contributed by atoms with Gasteiger partial charge >= 0.3 is 0 Å². The van der Waals surface area contributed by atoms with E-state index in [1.165, 1.54) is 43.5 Å². The maximum Gasteiger partial charge on any atom is 0.227 e. The van der Waals surface area contributed by atoms with Crippen LogP contribution < -0.4 is 10.5 Å². The van der Waals surface area contributed by atoms with E-state index in [2.05, 4.69) is 21.7 Å². The van der Waals surface area contributed by atoms with Gasteiger partial charge in [-0.1, -0.05) is 30.3 Å². The Morgan fingerprint density at radius 1 is 1.36 bits per heavy atom. The van der Waals surface area contributed by atoms with Crippen molar-refractivity contribution in [3.63, 3.8) is 0 Å². The first-order chi connectivity index (χ1) is 13.5. The highest BCUT2D eigenvalue weighted by Crippen LogP contribution is 2.52. The van der Waals surface area contributed by atoms with Crippen molar-refractivity contribution in [3.8, 4) is 5.75 Å². The molecule has 1 aromatic carbocycles. The van der Waals surface area contributed by atoms with Crippen LogP contribution in [0.5, 0.6) is 5.75 Å². The molecule has 2 aromatic rings. The summed E-state index contributed by atoms with van der Waals surface area (Å²) in [4.78, 5) is 11.2. The molecule has 1 aromatic heterocycles. The summed E-state index contributed by atoms with van der Waals surface area (Å²) < 4.78 is 21.6. The van der Waals surface area contributed by atoms with Crippen LogP contribution >= 0.6 is 11.8 Å². The number of carbonyl (C=O) groups is 1. The zero-order chi connectivity index (χ0) is 19.7. The molecule has 4 atom stereocenters. The van der Waals surface area contributed by atoms with E-state index in [9.17, 15) is 9.18 Å². The Bertz CT molecular complexity index is 858. The second-order valence-corrected chi connectivity index (χ2v) is 8.76. The Balaban J connectivity index is 1.56. The molecule has 2 fully saturated rings. The number of fused-ring (bicyclic) bond motifs is 2. The third-order valence-electron chi connectivity index (χ3n) is 6.09. The predicted octanol–water partition coefficient (Wildman–Crippen LogP) is 3.57. The van der Waals surface area contributed by atoms with Crippen molar-refractivity contribution in [2.24, 2.45) is 23.5 Å². The molecule has 1 amide bonds. The molecule has 0 aliphatic heterocycles. The lowest BCUT2D eigenvalue weighted by Gasteiger charge is -2.30. The lowest BCUT2D eigenvalue weighted by molar-refractivity contribution is -0.115. The van der Waals surface area contributed by atoms with Crippen LogP contribution in [-0.2, 0) is 11.4 Å². The molecule has 2 aliphatic rings. The molecule has 0 radical (unpaired) electrons. The van der Waals surface area contributed by atoms with Gasteiger partial charge in [0.05, 0.1) is 5.75 Å². The number of rotatable bonds is 8. The lowest BCUT2D eigenvalue weighted by Crippen LogP contribution is -2.25. The number of nitrogens with zero attached hydrogens (tertiary/aromatic N) is 3. The topological polar surface area (TPSA) is 83.0 Å². The van der Waals surface area contributed by atoms with Crippen LogP contribution in [0.1, 0.15) is 44.5 Å². The number of halogens is 1. The average Bonchev–Trinajstić information content (AvgIpc) is 3.40. The molecule has 2 saturated carbocycles. The second-order valence-electron chi connectivity index (χ2n) is 7.82. The fourth-order valence-electron chi connectivity index (χ4n) is 4.83. The molecule has 150 valence electrons. The summed E-state index contributed by atoms with van der Waals surface area (Å²) in [5, 5.41) is 9.23. The first-order valence-electron chi connectivity index (χ1n) is 9.75. The van der Waals surface area contributed by atoms with Crippen LogP contribution in [0.2, 0.25) is 0 Å². The minimum Gasteiger partial charge on any atom is -0.483 e. The van der Waals surface area contributed by atoms with E-state index in [1.807, 2.05) is 0 Å². The first-order valence-corrected chi connectivity index (χ1v) is 10.7. The summed E-state index contributed by atoms with van der Waals surface area (Å²) in [6.07, 6.45) is 5.15. The molecule has 2 aliphatic carbocycles. The number of aromatic nitrogens is 3. The highest BCUT2D eigenvalue weighted by Gasteiger charge is 2.43. The summed E-state index contributed by atoms with van der Waals surface area (Å²) in [5.41, 5.74) is 5.31. The van der Waals surface area contributed by atoms with Crippen molar-refractivity contribution in [1.82, 2.24) is 14.8 Å². The minimum absolute atomic E-state index is 0.121. The van der Waals surface area contributed by atoms with Gasteiger partial charge in [-0.2, -0.15) is 0 Å². The number of hydrogen-bond acceptors (Lipinski definition) is 5. The van der Waals surface area contributed by atoms with Crippen molar-refractivity contribution >= 4 is 17.7 Å². The van der Waals surface area contributed by atoms with Gasteiger partial charge in [-0.3, -0.25) is 9.36 Å². The van der Waals surface area contributed by atoms with Gasteiger partial charge in [-0.05, 0) is 56.1 Å². The van der Waals surface area contributed by atoms with Gasteiger partial charge in [0.25, 0.3) is 0 Å². The first kappa shape index (κ1) is 19.2. The van der Waals surface area contributed by atoms with Gasteiger partial charge in [-0.15, -0.1) is 10.2 Å². The number of ether oxygens (including phenoxy) is 1. The van der Waals surface area contributed by atoms with Crippen LogP contribution in [0.3, 0.4) is 0 Å². The maximum atomic E-state index is 13.9. The minimum atomic E-state index is -0.405. The highest BCUT2D eigenvalue weighted by molar-refractivity contribution is 7.99. The Kier molecular flexibility index (Phi) is 5.57. The smallest absolute Gasteiger partial charge is 0.227 e. The van der Waals surface area contributed by atoms with Gasteiger partial charge in [-0.25, -0.2) is 4.39 Å². The monoisotopic (exact) mass is 404 g/mol. The zero-order valence-electron chi connectivity index (χ0n) is 15.9. The van der Waals surface area contributed by atoms with E-state index in [-0.39, 0.29) is 24.2 Å². The Labute approximate surface area is 168 Å². The Hall–Kier alpha value is -2.09. The number of para-hydroxylation sites is 1. The molecule has 2 N–H and O–H groups in total. The summed E-state index contributed by atoms with van der Waals surface area (Å²) in [7, 11) is 0. The van der Waals surface area contributed by atoms with Gasteiger partial charge < -0.3 is 10.5 Å². The number of primary amides is 1. The standard InChI is InChI=1S/C20H25FN4O2S/c1-12(15-9-13-6-7-14(15)8-13)25-19(23-24-20(25)28-11-18(22)26)10-27-17-5-3-2-4-16(17)21/h2-5,12-15H,6-11H2,1H3,(H2,22,26)/t12-,13+,14+,15-/m1/s1. The third-order valence-corrected chi connectivity index (χ3v) is 7.06. The summed E-state index contributed by atoms with van der Waals surface area (Å²) in [5.74, 6) is 2.31. The molecule has 6 nitrogen and oxygen atoms in total. The number of hydrogen-bond donors (Lipinski definition) is 1. The van der Waals surface area contributed by atoms with Crippen molar-refractivity contribution < 1.29 is 13.9 Å². The molecule has 28 heavy (non-hydrogen) atoms. The quantitative estimate of drug-likeness (QED) is 0.680. The number of thioether (sulfide) groups is 1. The summed E-state index contributed by atoms with van der Waals surface area (Å²) in [6, 6.07) is 6.51. The zero-order valence-corrected chi connectivity index (χ0v) is 16.7. The second kappa shape index (κ2) is 8.11. The third kappa shape index (κ3) is 3.87. The molecule has 0 unspecified atom stereocenters. The largest absolute Gasteiger partial charge is 0.483 e. The number of nitrogens with two attached hydrogens (primary N) is 1. The van der Waals surface area contributed by atoms with E-state index in [0.717, 1.165) is 11.8 Å². The van der Waals surface area contributed by atoms with Crippen LogP contribution in [0, 0.1) is 23.6 Å². The Morgan fingerprint density at radius 3 is 2.86 bits per heavy atom. The van der Waals surface area contributed by atoms with Crippen molar-refractivity contribution in [2.45, 2.75) is 50.4 Å². The van der Waals surface area contributed by atoms with E-state index >= 15 is 0 Å². The molecule has 2 bridgehead atoms. The highest BCUT2D eigenvalue weighted by atomic mass is 32.2. The van der Waals surface area contributed by atoms with Gasteiger partial charge in [0.15, 0.2) is 22.5 Å². The van der Waals surface area contributed by atoms with E-state index in [4.69, 9.17) is 10.5 Å². The van der Waals surface area contributed by atoms with E-state index in [0.29, 0.717) is 16.9 Å². The summed E-state index contributed by atoms with van der Waals surface area (Å²) in [6.45, 7) is 2.31. The molecule has 0 spiro atoms. The van der Waals surface area contributed by atoms with E-state index < -0.39 is 11.7 Å². The SMILES string of the molecule is C[C@H]([C@H]1C[C@H]2CC[C@H]1C2)n1c(COc2ccccc2F)nnc1SCC(N)=O. The number of benzene rings is 1. The van der Waals surface area contributed by atoms with Gasteiger partial charge in [0.2, 0.25) is 5.91 Å². The van der Waals surface area contributed by atoms with Gasteiger partial charge in [0, 0.05) is 6.04 Å². The molecule has 4 rings (SSSR count).